The summed E-state index contributed by atoms with van der Waals surface area (Å²) in [6, 6.07) is 12.9. The largest absolute Gasteiger partial charge is 0.493 e. The van der Waals surface area contributed by atoms with Crippen LogP contribution in [0.2, 0.25) is 0 Å². The van der Waals surface area contributed by atoms with Gasteiger partial charge in [-0.15, -0.1) is 0 Å². The third-order valence-electron chi connectivity index (χ3n) is 4.44. The van der Waals surface area contributed by atoms with Gasteiger partial charge >= 0.3 is 0 Å². The lowest BCUT2D eigenvalue weighted by Gasteiger charge is -2.09. The Hall–Kier alpha value is -3.04. The fraction of sp³-hybridized carbons (Fsp3) is 0.143. The number of halogens is 1. The molecule has 0 atom stereocenters. The first kappa shape index (κ1) is 20.2. The van der Waals surface area contributed by atoms with Crippen LogP contribution >= 0.6 is 27.3 Å². The van der Waals surface area contributed by atoms with E-state index in [4.69, 9.17) is 9.47 Å². The van der Waals surface area contributed by atoms with E-state index in [0.29, 0.717) is 16.0 Å². The molecule has 0 spiro atoms. The van der Waals surface area contributed by atoms with Gasteiger partial charge in [0.15, 0.2) is 11.5 Å². The smallest absolute Gasteiger partial charge is 0.296 e. The van der Waals surface area contributed by atoms with Gasteiger partial charge in [0.05, 0.1) is 18.8 Å². The van der Waals surface area contributed by atoms with Gasteiger partial charge in [-0.1, -0.05) is 45.5 Å². The lowest BCUT2D eigenvalue weighted by molar-refractivity contribution is 0.354. The zero-order valence-electron chi connectivity index (χ0n) is 16.1. The minimum atomic E-state index is -0.457. The van der Waals surface area contributed by atoms with E-state index in [1.807, 2.05) is 30.3 Å². The Kier molecular flexibility index (Phi) is 5.65. The molecule has 4 aromatic rings. The van der Waals surface area contributed by atoms with Crippen molar-refractivity contribution in [3.8, 4) is 11.5 Å². The van der Waals surface area contributed by atoms with Crippen LogP contribution in [0.3, 0.4) is 0 Å². The Morgan fingerprint density at radius 2 is 1.80 bits per heavy atom. The average Bonchev–Trinajstić information content (AvgIpc) is 3.04. The van der Waals surface area contributed by atoms with E-state index in [-0.39, 0.29) is 22.6 Å². The Bertz CT molecular complexity index is 1400. The molecule has 0 saturated heterocycles. The van der Waals surface area contributed by atoms with Gasteiger partial charge in [0.25, 0.3) is 11.1 Å². The standard InChI is InChI=1S/C21H16BrN3O4S/c1-28-16-8-5-13(10-17(16)29-2)9-15-19(26)23-21-25(24-15)20(27)18(30-21)11-12-3-6-14(22)7-4-12/h3-8,10-11H,9H2,1-2H3. The molecule has 0 aliphatic heterocycles. The van der Waals surface area contributed by atoms with Crippen LogP contribution < -0.4 is 25.1 Å². The predicted octanol–water partition coefficient (Wildman–Crippen LogP) is 2.43. The van der Waals surface area contributed by atoms with E-state index < -0.39 is 5.56 Å². The second kappa shape index (κ2) is 8.37. The molecular formula is C21H16BrN3O4S. The molecule has 2 aromatic heterocycles. The summed E-state index contributed by atoms with van der Waals surface area (Å²) in [7, 11) is 3.10. The number of nitrogens with zero attached hydrogens (tertiary/aromatic N) is 3. The molecule has 9 heteroatoms. The fourth-order valence-electron chi connectivity index (χ4n) is 2.95. The molecule has 0 bridgehead atoms. The van der Waals surface area contributed by atoms with Crippen molar-refractivity contribution in [1.29, 1.82) is 0 Å². The minimum Gasteiger partial charge on any atom is -0.493 e. The molecule has 152 valence electrons. The van der Waals surface area contributed by atoms with Gasteiger partial charge in [0.1, 0.15) is 5.69 Å². The van der Waals surface area contributed by atoms with Crippen LogP contribution in [0.5, 0.6) is 11.5 Å². The monoisotopic (exact) mass is 485 g/mol. The summed E-state index contributed by atoms with van der Waals surface area (Å²) in [4.78, 5) is 29.6. The highest BCUT2D eigenvalue weighted by molar-refractivity contribution is 9.10. The summed E-state index contributed by atoms with van der Waals surface area (Å²) < 4.78 is 13.1. The lowest BCUT2D eigenvalue weighted by atomic mass is 10.1. The van der Waals surface area contributed by atoms with Crippen molar-refractivity contribution < 1.29 is 9.47 Å². The van der Waals surface area contributed by atoms with E-state index in [0.717, 1.165) is 26.9 Å². The quantitative estimate of drug-likeness (QED) is 0.431. The highest BCUT2D eigenvalue weighted by Crippen LogP contribution is 2.28. The zero-order chi connectivity index (χ0) is 21.3. The number of hydrogen-bond acceptors (Lipinski definition) is 7. The molecule has 30 heavy (non-hydrogen) atoms. The first-order chi connectivity index (χ1) is 14.5. The van der Waals surface area contributed by atoms with Gasteiger partial charge in [-0.2, -0.15) is 14.6 Å². The van der Waals surface area contributed by atoms with Gasteiger partial charge in [0.2, 0.25) is 4.96 Å². The fourth-order valence-corrected chi connectivity index (χ4v) is 4.11. The second-order valence-corrected chi connectivity index (χ2v) is 8.32. The molecule has 2 aromatic carbocycles. The first-order valence-corrected chi connectivity index (χ1v) is 10.5. The van der Waals surface area contributed by atoms with Crippen LogP contribution in [0.1, 0.15) is 16.8 Å². The summed E-state index contributed by atoms with van der Waals surface area (Å²) in [5, 5.41) is 4.28. The van der Waals surface area contributed by atoms with Crippen LogP contribution in [-0.2, 0) is 6.42 Å². The topological polar surface area (TPSA) is 82.8 Å². The number of rotatable bonds is 5. The lowest BCUT2D eigenvalue weighted by Crippen LogP contribution is -2.28. The van der Waals surface area contributed by atoms with Crippen LogP contribution in [-0.4, -0.2) is 28.8 Å². The maximum atomic E-state index is 12.8. The summed E-state index contributed by atoms with van der Waals surface area (Å²) in [5.41, 5.74) is 1.09. The van der Waals surface area contributed by atoms with Crippen molar-refractivity contribution in [2.75, 3.05) is 14.2 Å². The van der Waals surface area contributed by atoms with Crippen molar-refractivity contribution in [2.45, 2.75) is 6.42 Å². The van der Waals surface area contributed by atoms with Crippen molar-refractivity contribution in [1.82, 2.24) is 14.6 Å². The number of hydrogen-bond donors (Lipinski definition) is 0. The molecule has 7 nitrogen and oxygen atoms in total. The summed E-state index contributed by atoms with van der Waals surface area (Å²) >= 11 is 4.52. The van der Waals surface area contributed by atoms with Crippen LogP contribution in [0.15, 0.2) is 56.5 Å². The number of ether oxygens (including phenoxy) is 2. The third kappa shape index (κ3) is 3.99. The van der Waals surface area contributed by atoms with Crippen molar-refractivity contribution in [3.05, 3.63) is 89.0 Å². The maximum Gasteiger partial charge on any atom is 0.296 e. The highest BCUT2D eigenvalue weighted by atomic mass is 79.9. The summed E-state index contributed by atoms with van der Waals surface area (Å²) in [5.74, 6) is 1.14. The maximum absolute atomic E-state index is 12.8. The average molecular weight is 486 g/mol. The Labute approximate surface area is 183 Å². The van der Waals surface area contributed by atoms with E-state index in [9.17, 15) is 9.59 Å². The molecule has 0 N–H and O–H groups in total. The molecule has 0 unspecified atom stereocenters. The normalized spacial score (nSPS) is 11.8. The number of aromatic nitrogens is 3. The molecule has 0 radical (unpaired) electrons. The van der Waals surface area contributed by atoms with Gasteiger partial charge < -0.3 is 9.47 Å². The van der Waals surface area contributed by atoms with Gasteiger partial charge in [-0.05, 0) is 41.5 Å². The molecule has 2 heterocycles. The van der Waals surface area contributed by atoms with Crippen LogP contribution in [0, 0.1) is 0 Å². The van der Waals surface area contributed by atoms with E-state index >= 15 is 0 Å². The SMILES string of the molecule is COc1ccc(Cc2nn3c(=O)c(=Cc4ccc(Br)cc4)sc3nc2=O)cc1OC. The van der Waals surface area contributed by atoms with Gasteiger partial charge in [0, 0.05) is 10.9 Å². The Morgan fingerprint density at radius 1 is 1.07 bits per heavy atom. The predicted molar refractivity (Wildman–Crippen MR) is 119 cm³/mol. The highest BCUT2D eigenvalue weighted by Gasteiger charge is 2.13. The molecule has 0 saturated carbocycles. The van der Waals surface area contributed by atoms with Gasteiger partial charge in [-0.25, -0.2) is 0 Å². The number of benzene rings is 2. The first-order valence-electron chi connectivity index (χ1n) is 8.89. The Balaban J connectivity index is 1.75. The second-order valence-electron chi connectivity index (χ2n) is 6.39. The third-order valence-corrected chi connectivity index (χ3v) is 5.93. The number of methoxy groups -OCH3 is 2. The van der Waals surface area contributed by atoms with Crippen LogP contribution in [0.4, 0.5) is 0 Å². The number of fused-ring (bicyclic) bond motifs is 1. The molecule has 4 rings (SSSR count). The summed E-state index contributed by atoms with van der Waals surface area (Å²) in [6.07, 6.45) is 1.98. The van der Waals surface area contributed by atoms with E-state index in [1.54, 1.807) is 32.4 Å². The van der Waals surface area contributed by atoms with Crippen molar-refractivity contribution in [2.24, 2.45) is 0 Å². The molecule has 0 aliphatic rings. The minimum absolute atomic E-state index is 0.185. The zero-order valence-corrected chi connectivity index (χ0v) is 18.5. The summed E-state index contributed by atoms with van der Waals surface area (Å²) in [6.45, 7) is 0. The van der Waals surface area contributed by atoms with E-state index in [2.05, 4.69) is 26.0 Å². The molecular weight excluding hydrogens is 470 g/mol. The van der Waals surface area contributed by atoms with Crippen molar-refractivity contribution in [3.63, 3.8) is 0 Å². The van der Waals surface area contributed by atoms with Crippen LogP contribution in [0.25, 0.3) is 11.0 Å². The molecule has 0 fully saturated rings. The van der Waals surface area contributed by atoms with E-state index in [1.165, 1.54) is 4.52 Å². The molecule has 0 amide bonds. The Morgan fingerprint density at radius 3 is 2.50 bits per heavy atom. The van der Waals surface area contributed by atoms with Gasteiger partial charge in [-0.3, -0.25) is 9.59 Å². The van der Waals surface area contributed by atoms with Crippen molar-refractivity contribution >= 4 is 38.3 Å². The molecule has 0 aliphatic carbocycles. The number of thiazole rings is 1.